The number of hydrogen-bond donors (Lipinski definition) is 1. The monoisotopic (exact) mass is 271 g/mol. The van der Waals surface area contributed by atoms with Gasteiger partial charge in [-0.25, -0.2) is 0 Å². The van der Waals surface area contributed by atoms with E-state index < -0.39 is 0 Å². The average Bonchev–Trinajstić information content (AvgIpc) is 3.03. The molecule has 0 saturated carbocycles. The molecule has 3 heteroatoms. The minimum absolute atomic E-state index is 0.207. The van der Waals surface area contributed by atoms with Gasteiger partial charge in [-0.05, 0) is 36.5 Å². The summed E-state index contributed by atoms with van der Waals surface area (Å²) in [6, 6.07) is 10.7. The Morgan fingerprint density at radius 3 is 2.89 bits per heavy atom. The van der Waals surface area contributed by atoms with E-state index in [-0.39, 0.29) is 6.04 Å². The van der Waals surface area contributed by atoms with Crippen LogP contribution in [-0.2, 0) is 0 Å². The van der Waals surface area contributed by atoms with E-state index in [1.807, 2.05) is 18.4 Å². The lowest BCUT2D eigenvalue weighted by atomic mass is 10.0. The number of aryl methyl sites for hydroxylation is 1. The van der Waals surface area contributed by atoms with Crippen molar-refractivity contribution in [1.82, 2.24) is 5.32 Å². The standard InChI is InChI=1S/C16H17NOS/c1-3-17-16(12-8-11(2)19-10-12)14-9-18-15-7-5-4-6-13(14)15/h4-10,16-17H,3H2,1-2H3. The van der Waals surface area contributed by atoms with Crippen LogP contribution in [0.15, 0.2) is 46.4 Å². The lowest BCUT2D eigenvalue weighted by Gasteiger charge is -2.15. The number of para-hydroxylation sites is 1. The molecule has 1 N–H and O–H groups in total. The Bertz CT molecular complexity index is 683. The molecule has 0 radical (unpaired) electrons. The molecule has 1 aromatic carbocycles. The summed E-state index contributed by atoms with van der Waals surface area (Å²) in [6.07, 6.45) is 1.88. The second kappa shape index (κ2) is 5.19. The zero-order valence-corrected chi connectivity index (χ0v) is 12.0. The molecule has 98 valence electrons. The Labute approximate surface area is 117 Å². The number of rotatable bonds is 4. The Hall–Kier alpha value is -1.58. The highest BCUT2D eigenvalue weighted by Gasteiger charge is 2.18. The van der Waals surface area contributed by atoms with Gasteiger partial charge >= 0.3 is 0 Å². The third-order valence-electron chi connectivity index (χ3n) is 3.31. The lowest BCUT2D eigenvalue weighted by molar-refractivity contribution is 0.585. The zero-order chi connectivity index (χ0) is 13.2. The molecule has 2 heterocycles. The van der Waals surface area contributed by atoms with Crippen LogP contribution in [0.4, 0.5) is 0 Å². The first-order valence-corrected chi connectivity index (χ1v) is 7.42. The normalized spacial score (nSPS) is 12.9. The SMILES string of the molecule is CCNC(c1csc(C)c1)c1coc2ccccc12. The van der Waals surface area contributed by atoms with Crippen LogP contribution in [0.1, 0.15) is 29.0 Å². The van der Waals surface area contributed by atoms with Crippen molar-refractivity contribution < 1.29 is 4.42 Å². The third-order valence-corrected chi connectivity index (χ3v) is 4.19. The number of thiophene rings is 1. The van der Waals surface area contributed by atoms with Crippen LogP contribution in [0.3, 0.4) is 0 Å². The summed E-state index contributed by atoms with van der Waals surface area (Å²) in [5.74, 6) is 0. The van der Waals surface area contributed by atoms with E-state index in [0.717, 1.165) is 12.1 Å². The zero-order valence-electron chi connectivity index (χ0n) is 11.1. The average molecular weight is 271 g/mol. The molecule has 0 aliphatic heterocycles. The van der Waals surface area contributed by atoms with Crippen LogP contribution in [-0.4, -0.2) is 6.54 Å². The third kappa shape index (κ3) is 2.31. The van der Waals surface area contributed by atoms with Gasteiger partial charge in [-0.1, -0.05) is 25.1 Å². The van der Waals surface area contributed by atoms with Gasteiger partial charge in [0, 0.05) is 15.8 Å². The summed E-state index contributed by atoms with van der Waals surface area (Å²) in [7, 11) is 0. The van der Waals surface area contributed by atoms with Gasteiger partial charge in [-0.3, -0.25) is 0 Å². The van der Waals surface area contributed by atoms with Gasteiger partial charge in [0.25, 0.3) is 0 Å². The van der Waals surface area contributed by atoms with Crippen LogP contribution in [0.25, 0.3) is 11.0 Å². The van der Waals surface area contributed by atoms with Crippen LogP contribution >= 0.6 is 11.3 Å². The fraction of sp³-hybridized carbons (Fsp3) is 0.250. The molecule has 2 nitrogen and oxygen atoms in total. The van der Waals surface area contributed by atoms with Crippen molar-refractivity contribution >= 4 is 22.3 Å². The van der Waals surface area contributed by atoms with Crippen LogP contribution < -0.4 is 5.32 Å². The molecule has 3 rings (SSSR count). The predicted octanol–water partition coefficient (Wildman–Crippen LogP) is 4.50. The van der Waals surface area contributed by atoms with Gasteiger partial charge in [-0.2, -0.15) is 0 Å². The van der Waals surface area contributed by atoms with Crippen LogP contribution in [0, 0.1) is 6.92 Å². The molecule has 0 fully saturated rings. The predicted molar refractivity (Wildman–Crippen MR) is 80.8 cm³/mol. The molecular weight excluding hydrogens is 254 g/mol. The van der Waals surface area contributed by atoms with Gasteiger partial charge in [0.1, 0.15) is 5.58 Å². The smallest absolute Gasteiger partial charge is 0.134 e. The van der Waals surface area contributed by atoms with Crippen molar-refractivity contribution in [2.45, 2.75) is 19.9 Å². The van der Waals surface area contributed by atoms with E-state index >= 15 is 0 Å². The van der Waals surface area contributed by atoms with Crippen molar-refractivity contribution in [1.29, 1.82) is 0 Å². The van der Waals surface area contributed by atoms with Gasteiger partial charge in [0.2, 0.25) is 0 Å². The van der Waals surface area contributed by atoms with Gasteiger partial charge < -0.3 is 9.73 Å². The molecule has 19 heavy (non-hydrogen) atoms. The first-order chi connectivity index (χ1) is 9.29. The summed E-state index contributed by atoms with van der Waals surface area (Å²) in [5, 5.41) is 6.97. The lowest BCUT2D eigenvalue weighted by Crippen LogP contribution is -2.21. The number of fused-ring (bicyclic) bond motifs is 1. The van der Waals surface area contributed by atoms with E-state index in [0.29, 0.717) is 0 Å². The first-order valence-electron chi connectivity index (χ1n) is 6.54. The van der Waals surface area contributed by atoms with Crippen molar-refractivity contribution in [2.75, 3.05) is 6.54 Å². The molecule has 0 bridgehead atoms. The highest BCUT2D eigenvalue weighted by atomic mass is 32.1. The van der Waals surface area contributed by atoms with E-state index in [4.69, 9.17) is 4.42 Å². The molecule has 3 aromatic rings. The van der Waals surface area contributed by atoms with E-state index in [2.05, 4.69) is 42.7 Å². The first kappa shape index (κ1) is 12.5. The maximum Gasteiger partial charge on any atom is 0.134 e. The van der Waals surface area contributed by atoms with Gasteiger partial charge in [0.05, 0.1) is 12.3 Å². The minimum Gasteiger partial charge on any atom is -0.464 e. The highest BCUT2D eigenvalue weighted by molar-refractivity contribution is 7.10. The molecule has 0 spiro atoms. The van der Waals surface area contributed by atoms with E-state index in [1.54, 1.807) is 11.3 Å². The molecule has 0 amide bonds. The fourth-order valence-electron chi connectivity index (χ4n) is 2.45. The maximum atomic E-state index is 5.67. The van der Waals surface area contributed by atoms with E-state index in [1.165, 1.54) is 21.4 Å². The van der Waals surface area contributed by atoms with Gasteiger partial charge in [0.15, 0.2) is 0 Å². The Morgan fingerprint density at radius 2 is 2.16 bits per heavy atom. The fourth-order valence-corrected chi connectivity index (χ4v) is 3.18. The summed E-state index contributed by atoms with van der Waals surface area (Å²) in [6.45, 7) is 5.21. The second-order valence-corrected chi connectivity index (χ2v) is 5.78. The molecule has 1 atom stereocenters. The van der Waals surface area contributed by atoms with Crippen molar-refractivity contribution in [3.05, 3.63) is 58.0 Å². The molecule has 0 saturated heterocycles. The minimum atomic E-state index is 0.207. The summed E-state index contributed by atoms with van der Waals surface area (Å²) < 4.78 is 5.67. The summed E-state index contributed by atoms with van der Waals surface area (Å²) in [5.41, 5.74) is 3.48. The number of benzene rings is 1. The molecule has 0 aliphatic carbocycles. The molecule has 2 aromatic heterocycles. The van der Waals surface area contributed by atoms with Crippen molar-refractivity contribution in [3.63, 3.8) is 0 Å². The van der Waals surface area contributed by atoms with Crippen LogP contribution in [0.2, 0.25) is 0 Å². The van der Waals surface area contributed by atoms with Crippen molar-refractivity contribution in [2.24, 2.45) is 0 Å². The molecule has 1 unspecified atom stereocenters. The van der Waals surface area contributed by atoms with Crippen molar-refractivity contribution in [3.8, 4) is 0 Å². The molecule has 0 aliphatic rings. The molecular formula is C16H17NOS. The van der Waals surface area contributed by atoms with Gasteiger partial charge in [-0.15, -0.1) is 11.3 Å². The Kier molecular flexibility index (Phi) is 3.40. The topological polar surface area (TPSA) is 25.2 Å². The number of furan rings is 1. The quantitative estimate of drug-likeness (QED) is 0.755. The second-order valence-electron chi connectivity index (χ2n) is 4.67. The Balaban J connectivity index is 2.09. The van der Waals surface area contributed by atoms with E-state index in [9.17, 15) is 0 Å². The summed E-state index contributed by atoms with van der Waals surface area (Å²) >= 11 is 1.79. The number of hydrogen-bond acceptors (Lipinski definition) is 3. The maximum absolute atomic E-state index is 5.67. The number of nitrogens with one attached hydrogen (secondary N) is 1. The Morgan fingerprint density at radius 1 is 1.32 bits per heavy atom. The van der Waals surface area contributed by atoms with Crippen LogP contribution in [0.5, 0.6) is 0 Å². The largest absolute Gasteiger partial charge is 0.464 e. The summed E-state index contributed by atoms with van der Waals surface area (Å²) in [4.78, 5) is 1.34. The highest BCUT2D eigenvalue weighted by Crippen LogP contribution is 2.32.